The lowest BCUT2D eigenvalue weighted by Crippen LogP contribution is -2.29. The monoisotopic (exact) mass is 390 g/mol. The van der Waals surface area contributed by atoms with Gasteiger partial charge in [-0.05, 0) is 55.6 Å². The van der Waals surface area contributed by atoms with Crippen LogP contribution >= 0.6 is 0 Å². The average Bonchev–Trinajstić information content (AvgIpc) is 3.10. The molecule has 0 aliphatic rings. The summed E-state index contributed by atoms with van der Waals surface area (Å²) in [6.07, 6.45) is 1.67. The van der Waals surface area contributed by atoms with Crippen LogP contribution < -0.4 is 10.9 Å². The largest absolute Gasteiger partial charge is 0.344 e. The summed E-state index contributed by atoms with van der Waals surface area (Å²) in [4.78, 5) is 27.6. The Kier molecular flexibility index (Phi) is 4.72. The fourth-order valence-electron chi connectivity index (χ4n) is 3.38. The van der Waals surface area contributed by atoms with Gasteiger partial charge in [0.15, 0.2) is 0 Å². The summed E-state index contributed by atoms with van der Waals surface area (Å²) in [5.74, 6) is -0.696. The number of amides is 1. The molecule has 146 valence electrons. The van der Waals surface area contributed by atoms with Crippen LogP contribution in [0, 0.1) is 12.7 Å². The molecule has 29 heavy (non-hydrogen) atoms. The highest BCUT2D eigenvalue weighted by Crippen LogP contribution is 2.21. The number of carbonyl (C=O) groups excluding carboxylic acids is 1. The number of benzene rings is 2. The highest BCUT2D eigenvalue weighted by atomic mass is 19.1. The number of hydrogen-bond donors (Lipinski definition) is 2. The van der Waals surface area contributed by atoms with Crippen molar-refractivity contribution in [2.45, 2.75) is 19.9 Å². The summed E-state index contributed by atoms with van der Waals surface area (Å²) >= 11 is 0. The van der Waals surface area contributed by atoms with Gasteiger partial charge < -0.3 is 10.3 Å². The molecule has 2 heterocycles. The molecule has 0 saturated heterocycles. The van der Waals surface area contributed by atoms with Gasteiger partial charge in [0, 0.05) is 16.6 Å². The van der Waals surface area contributed by atoms with Gasteiger partial charge in [-0.1, -0.05) is 18.2 Å². The Balaban J connectivity index is 1.58. The lowest BCUT2D eigenvalue weighted by atomic mass is 10.1. The molecule has 0 spiro atoms. The highest BCUT2D eigenvalue weighted by Gasteiger charge is 2.18. The predicted octanol–water partition coefficient (Wildman–Crippen LogP) is 3.65. The van der Waals surface area contributed by atoms with Crippen molar-refractivity contribution >= 4 is 16.7 Å². The number of aromatic nitrogens is 3. The van der Waals surface area contributed by atoms with Crippen molar-refractivity contribution in [1.82, 2.24) is 20.1 Å². The molecular weight excluding hydrogens is 371 g/mol. The first-order chi connectivity index (χ1) is 13.9. The van der Waals surface area contributed by atoms with E-state index in [0.717, 1.165) is 16.9 Å². The number of pyridine rings is 1. The van der Waals surface area contributed by atoms with Crippen LogP contribution in [0.2, 0.25) is 0 Å². The van der Waals surface area contributed by atoms with Crippen molar-refractivity contribution < 1.29 is 9.18 Å². The van der Waals surface area contributed by atoms with Crippen LogP contribution in [-0.4, -0.2) is 20.7 Å². The Morgan fingerprint density at radius 2 is 1.90 bits per heavy atom. The van der Waals surface area contributed by atoms with Gasteiger partial charge in [0.1, 0.15) is 11.5 Å². The minimum absolute atomic E-state index is 0.198. The van der Waals surface area contributed by atoms with Crippen molar-refractivity contribution in [2.75, 3.05) is 0 Å². The van der Waals surface area contributed by atoms with E-state index in [1.165, 1.54) is 12.1 Å². The van der Waals surface area contributed by atoms with Gasteiger partial charge in [0.2, 0.25) is 0 Å². The number of nitrogens with one attached hydrogen (secondary N) is 2. The molecular formula is C22H19FN4O2. The van der Waals surface area contributed by atoms with Crippen molar-refractivity contribution in [3.8, 4) is 5.69 Å². The Bertz CT molecular complexity index is 1260. The van der Waals surface area contributed by atoms with E-state index in [1.54, 1.807) is 47.3 Å². The lowest BCUT2D eigenvalue weighted by molar-refractivity contribution is 0.0934. The van der Waals surface area contributed by atoms with Crippen molar-refractivity contribution in [2.24, 2.45) is 0 Å². The van der Waals surface area contributed by atoms with Gasteiger partial charge in [0.05, 0.1) is 17.9 Å². The van der Waals surface area contributed by atoms with Crippen LogP contribution in [0.5, 0.6) is 0 Å². The zero-order valence-corrected chi connectivity index (χ0v) is 15.9. The topological polar surface area (TPSA) is 79.8 Å². The maximum atomic E-state index is 13.2. The molecule has 1 amide bonds. The molecule has 2 aromatic carbocycles. The molecule has 0 fully saturated rings. The Hall–Kier alpha value is -3.74. The number of hydrogen-bond acceptors (Lipinski definition) is 3. The van der Waals surface area contributed by atoms with Gasteiger partial charge in [-0.3, -0.25) is 9.59 Å². The van der Waals surface area contributed by atoms with E-state index in [0.29, 0.717) is 10.8 Å². The van der Waals surface area contributed by atoms with Crippen LogP contribution in [-0.2, 0) is 0 Å². The minimum Gasteiger partial charge on any atom is -0.344 e. The second-order valence-electron chi connectivity index (χ2n) is 6.87. The van der Waals surface area contributed by atoms with Gasteiger partial charge in [0.25, 0.3) is 11.5 Å². The first kappa shape index (κ1) is 18.6. The Labute approximate surface area is 166 Å². The number of halogens is 1. The number of carbonyl (C=O) groups is 1. The standard InChI is InChI=1S/C22H19FN4O2/c1-13(19-12-24-27(14(19)2)17-9-7-16(23)8-10-17)25-22(29)20-11-15-5-3-4-6-18(15)21(28)26-20/h3-13H,1-2H3,(H,25,29)(H,26,28). The van der Waals surface area contributed by atoms with Gasteiger partial charge in [-0.15, -0.1) is 0 Å². The third-order valence-corrected chi connectivity index (χ3v) is 4.93. The molecule has 0 radical (unpaired) electrons. The normalized spacial score (nSPS) is 12.1. The number of fused-ring (bicyclic) bond motifs is 1. The smallest absolute Gasteiger partial charge is 0.268 e. The molecule has 0 aliphatic carbocycles. The third-order valence-electron chi connectivity index (χ3n) is 4.93. The molecule has 0 saturated carbocycles. The number of H-pyrrole nitrogens is 1. The molecule has 4 rings (SSSR count). The predicted molar refractivity (Wildman–Crippen MR) is 109 cm³/mol. The fourth-order valence-corrected chi connectivity index (χ4v) is 3.38. The molecule has 7 heteroatoms. The molecule has 0 aliphatic heterocycles. The number of nitrogens with zero attached hydrogens (tertiary/aromatic N) is 2. The van der Waals surface area contributed by atoms with E-state index >= 15 is 0 Å². The summed E-state index contributed by atoms with van der Waals surface area (Å²) in [6.45, 7) is 3.72. The molecule has 2 aromatic heterocycles. The third kappa shape index (κ3) is 3.54. The second kappa shape index (κ2) is 7.35. The summed E-state index contributed by atoms with van der Waals surface area (Å²) in [7, 11) is 0. The first-order valence-electron chi connectivity index (χ1n) is 9.17. The van der Waals surface area contributed by atoms with Gasteiger partial charge in [-0.25, -0.2) is 9.07 Å². The number of aromatic amines is 1. The first-order valence-corrected chi connectivity index (χ1v) is 9.17. The maximum Gasteiger partial charge on any atom is 0.268 e. The molecule has 1 atom stereocenters. The lowest BCUT2D eigenvalue weighted by Gasteiger charge is -2.14. The van der Waals surface area contributed by atoms with Gasteiger partial charge >= 0.3 is 0 Å². The molecule has 1 unspecified atom stereocenters. The zero-order chi connectivity index (χ0) is 20.5. The van der Waals surface area contributed by atoms with E-state index in [-0.39, 0.29) is 29.0 Å². The SMILES string of the molecule is Cc1c(C(C)NC(=O)c2cc3ccccc3c(=O)[nH]2)cnn1-c1ccc(F)cc1. The zero-order valence-electron chi connectivity index (χ0n) is 15.9. The second-order valence-corrected chi connectivity index (χ2v) is 6.87. The van der Waals surface area contributed by atoms with E-state index in [4.69, 9.17) is 0 Å². The average molecular weight is 390 g/mol. The molecule has 2 N–H and O–H groups in total. The molecule has 6 nitrogen and oxygen atoms in total. The van der Waals surface area contributed by atoms with Gasteiger partial charge in [-0.2, -0.15) is 5.10 Å². The van der Waals surface area contributed by atoms with Crippen LogP contribution in [0.25, 0.3) is 16.5 Å². The van der Waals surface area contributed by atoms with Crippen molar-refractivity contribution in [1.29, 1.82) is 0 Å². The summed E-state index contributed by atoms with van der Waals surface area (Å²) in [5, 5.41) is 8.49. The van der Waals surface area contributed by atoms with E-state index in [9.17, 15) is 14.0 Å². The van der Waals surface area contributed by atoms with E-state index in [1.807, 2.05) is 19.9 Å². The van der Waals surface area contributed by atoms with Crippen molar-refractivity contribution in [3.05, 3.63) is 93.9 Å². The summed E-state index contributed by atoms with van der Waals surface area (Å²) < 4.78 is 14.9. The summed E-state index contributed by atoms with van der Waals surface area (Å²) in [5.41, 5.74) is 2.28. The van der Waals surface area contributed by atoms with Crippen LogP contribution in [0.3, 0.4) is 0 Å². The van der Waals surface area contributed by atoms with E-state index in [2.05, 4.69) is 15.4 Å². The molecule has 4 aromatic rings. The summed E-state index contributed by atoms with van der Waals surface area (Å²) in [6, 6.07) is 14.5. The van der Waals surface area contributed by atoms with Crippen molar-refractivity contribution in [3.63, 3.8) is 0 Å². The van der Waals surface area contributed by atoms with Crippen LogP contribution in [0.15, 0.2) is 65.6 Å². The Morgan fingerprint density at radius 3 is 2.66 bits per heavy atom. The number of rotatable bonds is 4. The Morgan fingerprint density at radius 1 is 1.17 bits per heavy atom. The van der Waals surface area contributed by atoms with E-state index < -0.39 is 0 Å². The minimum atomic E-state index is -0.380. The highest BCUT2D eigenvalue weighted by molar-refractivity contribution is 5.96. The van der Waals surface area contributed by atoms with Crippen LogP contribution in [0.4, 0.5) is 4.39 Å². The fraction of sp³-hybridized carbons (Fsp3) is 0.136. The quantitative estimate of drug-likeness (QED) is 0.558. The molecule has 0 bridgehead atoms. The van der Waals surface area contributed by atoms with Crippen LogP contribution in [0.1, 0.15) is 34.7 Å². The maximum absolute atomic E-state index is 13.2.